The molecular formula is C18H19N5O2. The molecule has 0 saturated carbocycles. The Kier molecular flexibility index (Phi) is 5.06. The number of hydrogen-bond acceptors (Lipinski definition) is 4. The third kappa shape index (κ3) is 4.02. The van der Waals surface area contributed by atoms with Gasteiger partial charge in [-0.25, -0.2) is 4.79 Å². The smallest absolute Gasteiger partial charge is 0.319 e. The van der Waals surface area contributed by atoms with E-state index in [4.69, 9.17) is 0 Å². The number of aromatic amines is 1. The summed E-state index contributed by atoms with van der Waals surface area (Å²) >= 11 is 0. The topological polar surface area (TPSA) is 103 Å². The number of rotatable bonds is 5. The van der Waals surface area contributed by atoms with Crippen molar-refractivity contribution in [3.63, 3.8) is 0 Å². The number of pyridine rings is 1. The van der Waals surface area contributed by atoms with E-state index in [9.17, 15) is 9.90 Å². The number of aryl methyl sites for hydroxylation is 1. The molecule has 2 aromatic heterocycles. The van der Waals surface area contributed by atoms with Gasteiger partial charge in [-0.15, -0.1) is 0 Å². The van der Waals surface area contributed by atoms with E-state index in [1.165, 1.54) is 6.20 Å². The minimum absolute atomic E-state index is 0.105. The number of urea groups is 1. The Morgan fingerprint density at radius 3 is 2.80 bits per heavy atom. The lowest BCUT2D eigenvalue weighted by atomic mass is 10.0. The minimum atomic E-state index is -0.772. The molecular weight excluding hydrogens is 318 g/mol. The normalized spacial score (nSPS) is 11.8. The number of H-pyrrole nitrogens is 1. The van der Waals surface area contributed by atoms with Crippen LogP contribution in [0.5, 0.6) is 0 Å². The molecule has 0 spiro atoms. The van der Waals surface area contributed by atoms with Crippen LogP contribution in [-0.2, 0) is 0 Å². The predicted molar refractivity (Wildman–Crippen MR) is 95.0 cm³/mol. The van der Waals surface area contributed by atoms with Crippen LogP contribution in [0.3, 0.4) is 0 Å². The highest BCUT2D eigenvalue weighted by atomic mass is 16.3. The summed E-state index contributed by atoms with van der Waals surface area (Å²) in [5.74, 6) is 0. The van der Waals surface area contributed by atoms with Gasteiger partial charge in [0.1, 0.15) is 5.69 Å². The molecule has 7 heteroatoms. The summed E-state index contributed by atoms with van der Waals surface area (Å²) < 4.78 is 0. The fourth-order valence-corrected chi connectivity index (χ4v) is 2.51. The number of hydrogen-bond donors (Lipinski definition) is 4. The maximum Gasteiger partial charge on any atom is 0.319 e. The second-order valence-electron chi connectivity index (χ2n) is 5.58. The maximum atomic E-state index is 12.1. The molecule has 0 bridgehead atoms. The van der Waals surface area contributed by atoms with E-state index < -0.39 is 12.1 Å². The van der Waals surface area contributed by atoms with Crippen molar-refractivity contribution in [1.82, 2.24) is 20.5 Å². The average molecular weight is 337 g/mol. The molecule has 0 aliphatic carbocycles. The summed E-state index contributed by atoms with van der Waals surface area (Å²) in [7, 11) is 0. The van der Waals surface area contributed by atoms with Crippen LogP contribution in [0.25, 0.3) is 11.4 Å². The molecule has 0 aliphatic rings. The van der Waals surface area contributed by atoms with Gasteiger partial charge in [-0.3, -0.25) is 10.1 Å². The first-order chi connectivity index (χ1) is 12.1. The standard InChI is InChI=1S/C18H19N5O2/c1-12-6-2-3-7-13(12)16(24)11-20-18(25)22-15-10-21-23-17(15)14-8-4-5-9-19-14/h2-10,16,24H,11H2,1H3,(H,21,23)(H2,20,22,25). The van der Waals surface area contributed by atoms with Crippen LogP contribution in [0, 0.1) is 6.92 Å². The minimum Gasteiger partial charge on any atom is -0.387 e. The van der Waals surface area contributed by atoms with Gasteiger partial charge in [0, 0.05) is 12.7 Å². The van der Waals surface area contributed by atoms with Gasteiger partial charge in [-0.1, -0.05) is 30.3 Å². The first-order valence-corrected chi connectivity index (χ1v) is 7.88. The van der Waals surface area contributed by atoms with Gasteiger partial charge < -0.3 is 15.7 Å². The highest BCUT2D eigenvalue weighted by Gasteiger charge is 2.14. The fraction of sp³-hybridized carbons (Fsp3) is 0.167. The number of aliphatic hydroxyl groups excluding tert-OH is 1. The van der Waals surface area contributed by atoms with E-state index in [1.54, 1.807) is 6.20 Å². The summed E-state index contributed by atoms with van der Waals surface area (Å²) in [6.45, 7) is 2.02. The van der Waals surface area contributed by atoms with E-state index in [1.807, 2.05) is 49.4 Å². The molecule has 0 saturated heterocycles. The zero-order valence-corrected chi connectivity index (χ0v) is 13.7. The van der Waals surface area contributed by atoms with Gasteiger partial charge in [-0.05, 0) is 30.2 Å². The summed E-state index contributed by atoms with van der Waals surface area (Å²) in [6.07, 6.45) is 2.41. The highest BCUT2D eigenvalue weighted by Crippen LogP contribution is 2.23. The SMILES string of the molecule is Cc1ccccc1C(O)CNC(=O)Nc1cn[nH]c1-c1ccccn1. The predicted octanol–water partition coefficient (Wildman–Crippen LogP) is 2.64. The number of nitrogens with zero attached hydrogens (tertiary/aromatic N) is 2. The van der Waals surface area contributed by atoms with Crippen molar-refractivity contribution in [3.05, 3.63) is 66.0 Å². The molecule has 3 rings (SSSR count). The molecule has 3 aromatic rings. The molecule has 0 aliphatic heterocycles. The van der Waals surface area contributed by atoms with Crippen molar-refractivity contribution in [1.29, 1.82) is 0 Å². The second kappa shape index (κ2) is 7.59. The zero-order valence-electron chi connectivity index (χ0n) is 13.7. The van der Waals surface area contributed by atoms with Gasteiger partial charge in [0.2, 0.25) is 0 Å². The summed E-state index contributed by atoms with van der Waals surface area (Å²) in [4.78, 5) is 16.3. The summed E-state index contributed by atoms with van der Waals surface area (Å²) in [5, 5.41) is 22.4. The number of aromatic nitrogens is 3. The Balaban J connectivity index is 1.61. The van der Waals surface area contributed by atoms with Gasteiger partial charge in [0.05, 0.1) is 23.7 Å². The third-order valence-corrected chi connectivity index (χ3v) is 3.81. The monoisotopic (exact) mass is 337 g/mol. The number of carbonyl (C=O) groups is 1. The van der Waals surface area contributed by atoms with Crippen LogP contribution in [0.15, 0.2) is 54.9 Å². The molecule has 1 unspecified atom stereocenters. The number of carbonyl (C=O) groups excluding carboxylic acids is 1. The largest absolute Gasteiger partial charge is 0.387 e. The lowest BCUT2D eigenvalue weighted by molar-refractivity contribution is 0.174. The lowest BCUT2D eigenvalue weighted by Crippen LogP contribution is -2.32. The molecule has 1 atom stereocenters. The molecule has 1 aromatic carbocycles. The van der Waals surface area contributed by atoms with Crippen LogP contribution in [-0.4, -0.2) is 32.9 Å². The fourth-order valence-electron chi connectivity index (χ4n) is 2.51. The Hall–Kier alpha value is -3.19. The molecule has 128 valence electrons. The first kappa shape index (κ1) is 16.7. The van der Waals surface area contributed by atoms with E-state index in [0.717, 1.165) is 11.1 Å². The third-order valence-electron chi connectivity index (χ3n) is 3.81. The van der Waals surface area contributed by atoms with Gasteiger partial charge in [-0.2, -0.15) is 5.10 Å². The van der Waals surface area contributed by atoms with Gasteiger partial charge in [0.15, 0.2) is 0 Å². The quantitative estimate of drug-likeness (QED) is 0.574. The molecule has 0 fully saturated rings. The molecule has 0 radical (unpaired) electrons. The van der Waals surface area contributed by atoms with E-state index >= 15 is 0 Å². The maximum absolute atomic E-state index is 12.1. The van der Waals surface area contributed by atoms with Crippen LogP contribution in [0.2, 0.25) is 0 Å². The number of amides is 2. The molecule has 25 heavy (non-hydrogen) atoms. The van der Waals surface area contributed by atoms with E-state index in [-0.39, 0.29) is 6.54 Å². The Morgan fingerprint density at radius 1 is 1.24 bits per heavy atom. The van der Waals surface area contributed by atoms with Gasteiger partial charge >= 0.3 is 6.03 Å². The Morgan fingerprint density at radius 2 is 2.04 bits per heavy atom. The van der Waals surface area contributed by atoms with Crippen molar-refractivity contribution in [2.75, 3.05) is 11.9 Å². The second-order valence-corrected chi connectivity index (χ2v) is 5.58. The molecule has 4 N–H and O–H groups in total. The highest BCUT2D eigenvalue weighted by molar-refractivity contribution is 5.92. The van der Waals surface area contributed by atoms with Crippen LogP contribution >= 0.6 is 0 Å². The summed E-state index contributed by atoms with van der Waals surface area (Å²) in [5.41, 5.74) is 3.58. The van der Waals surface area contributed by atoms with Crippen LogP contribution in [0.1, 0.15) is 17.2 Å². The van der Waals surface area contributed by atoms with Crippen molar-refractivity contribution in [2.24, 2.45) is 0 Å². The van der Waals surface area contributed by atoms with Crippen LogP contribution in [0.4, 0.5) is 10.5 Å². The van der Waals surface area contributed by atoms with E-state index in [0.29, 0.717) is 17.1 Å². The van der Waals surface area contributed by atoms with Crippen molar-refractivity contribution in [2.45, 2.75) is 13.0 Å². The Labute approximate surface area is 145 Å². The lowest BCUT2D eigenvalue weighted by Gasteiger charge is -2.15. The van der Waals surface area contributed by atoms with Crippen LogP contribution < -0.4 is 10.6 Å². The number of benzene rings is 1. The number of aliphatic hydroxyl groups is 1. The molecule has 2 amide bonds. The van der Waals surface area contributed by atoms with Crippen molar-refractivity contribution >= 4 is 11.7 Å². The van der Waals surface area contributed by atoms with E-state index in [2.05, 4.69) is 25.8 Å². The average Bonchev–Trinajstić information content (AvgIpc) is 3.09. The first-order valence-electron chi connectivity index (χ1n) is 7.88. The molecule has 2 heterocycles. The van der Waals surface area contributed by atoms with Crippen molar-refractivity contribution in [3.8, 4) is 11.4 Å². The zero-order chi connectivity index (χ0) is 17.6. The number of nitrogens with one attached hydrogen (secondary N) is 3. The number of anilines is 1. The van der Waals surface area contributed by atoms with Crippen molar-refractivity contribution < 1.29 is 9.90 Å². The van der Waals surface area contributed by atoms with Gasteiger partial charge in [0.25, 0.3) is 0 Å². The Bertz CT molecular complexity index is 847. The molecule has 7 nitrogen and oxygen atoms in total. The summed E-state index contributed by atoms with van der Waals surface area (Å²) in [6, 6.07) is 12.6.